The number of hydrogen-bond donors (Lipinski definition) is 2. The molecule has 1 aromatic rings. The van der Waals surface area contributed by atoms with Gasteiger partial charge in [-0.3, -0.25) is 4.68 Å². The van der Waals surface area contributed by atoms with E-state index in [9.17, 15) is 0 Å². The average molecular weight is 434 g/mol. The van der Waals surface area contributed by atoms with Crippen LogP contribution in [0.3, 0.4) is 0 Å². The van der Waals surface area contributed by atoms with Crippen LogP contribution in [0.4, 0.5) is 0 Å². The molecular weight excluding hydrogens is 403 g/mol. The molecule has 2 N–H and O–H groups in total. The van der Waals surface area contributed by atoms with Crippen molar-refractivity contribution in [2.75, 3.05) is 26.7 Å². The number of hydrogen-bond acceptors (Lipinski definition) is 3. The van der Waals surface area contributed by atoms with E-state index >= 15 is 0 Å². The van der Waals surface area contributed by atoms with Crippen LogP contribution in [0.15, 0.2) is 17.3 Å². The first-order valence-corrected chi connectivity index (χ1v) is 8.40. The highest BCUT2D eigenvalue weighted by Crippen LogP contribution is 2.21. The van der Waals surface area contributed by atoms with E-state index in [0.717, 1.165) is 37.3 Å². The fourth-order valence-corrected chi connectivity index (χ4v) is 2.94. The standard InChI is InChI=1S/C16H30N6.HI/c1-4-17-16(19-13-15-9-10-20-22(15)3)18-11-12-21(2)14-7-5-6-8-14;/h9-10,14H,4-8,11-13H2,1-3H3,(H2,17,18,19);1H. The Kier molecular flexibility index (Phi) is 9.54. The van der Waals surface area contributed by atoms with E-state index in [-0.39, 0.29) is 24.0 Å². The highest BCUT2D eigenvalue weighted by Gasteiger charge is 2.18. The van der Waals surface area contributed by atoms with Gasteiger partial charge in [-0.1, -0.05) is 12.8 Å². The van der Waals surface area contributed by atoms with Crippen molar-refractivity contribution >= 4 is 29.9 Å². The van der Waals surface area contributed by atoms with E-state index in [2.05, 4.69) is 39.6 Å². The number of rotatable bonds is 7. The van der Waals surface area contributed by atoms with Gasteiger partial charge in [-0.25, -0.2) is 4.99 Å². The summed E-state index contributed by atoms with van der Waals surface area (Å²) in [4.78, 5) is 7.10. The molecule has 0 spiro atoms. The molecule has 2 rings (SSSR count). The largest absolute Gasteiger partial charge is 0.357 e. The van der Waals surface area contributed by atoms with Gasteiger partial charge in [0.15, 0.2) is 5.96 Å². The molecule has 0 aromatic carbocycles. The molecule has 1 saturated carbocycles. The summed E-state index contributed by atoms with van der Waals surface area (Å²) in [7, 11) is 4.18. The van der Waals surface area contributed by atoms with Crippen LogP contribution in [0.2, 0.25) is 0 Å². The third-order valence-electron chi connectivity index (χ3n) is 4.37. The first-order chi connectivity index (χ1) is 10.7. The SMILES string of the molecule is CCNC(=NCc1ccnn1C)NCCN(C)C1CCCC1.I. The summed E-state index contributed by atoms with van der Waals surface area (Å²) in [6.45, 7) is 5.58. The van der Waals surface area contributed by atoms with Crippen molar-refractivity contribution in [3.05, 3.63) is 18.0 Å². The number of aliphatic imine (C=N–C) groups is 1. The van der Waals surface area contributed by atoms with Crippen molar-refractivity contribution < 1.29 is 0 Å². The van der Waals surface area contributed by atoms with Crippen LogP contribution in [-0.4, -0.2) is 53.4 Å². The molecule has 0 amide bonds. The van der Waals surface area contributed by atoms with Crippen LogP contribution in [0.1, 0.15) is 38.3 Å². The summed E-state index contributed by atoms with van der Waals surface area (Å²) in [5.74, 6) is 0.878. The molecule has 1 aliphatic carbocycles. The quantitative estimate of drug-likeness (QED) is 0.392. The summed E-state index contributed by atoms with van der Waals surface area (Å²) < 4.78 is 1.86. The second-order valence-corrected chi connectivity index (χ2v) is 5.99. The molecular formula is C16H31IN6. The lowest BCUT2D eigenvalue weighted by molar-refractivity contribution is 0.249. The Balaban J connectivity index is 0.00000264. The van der Waals surface area contributed by atoms with Crippen LogP contribution in [-0.2, 0) is 13.6 Å². The smallest absolute Gasteiger partial charge is 0.191 e. The Hall–Kier alpha value is -0.830. The zero-order chi connectivity index (χ0) is 15.8. The monoisotopic (exact) mass is 434 g/mol. The molecule has 0 bridgehead atoms. The van der Waals surface area contributed by atoms with E-state index in [1.54, 1.807) is 0 Å². The van der Waals surface area contributed by atoms with Crippen LogP contribution >= 0.6 is 24.0 Å². The van der Waals surface area contributed by atoms with Gasteiger partial charge >= 0.3 is 0 Å². The maximum Gasteiger partial charge on any atom is 0.191 e. The maximum atomic E-state index is 4.63. The highest BCUT2D eigenvalue weighted by molar-refractivity contribution is 14.0. The van der Waals surface area contributed by atoms with Crippen LogP contribution in [0, 0.1) is 0 Å². The van der Waals surface area contributed by atoms with Gasteiger partial charge in [0.2, 0.25) is 0 Å². The fourth-order valence-electron chi connectivity index (χ4n) is 2.94. The van der Waals surface area contributed by atoms with Gasteiger partial charge in [-0.2, -0.15) is 5.10 Å². The van der Waals surface area contributed by atoms with Crippen molar-refractivity contribution in [1.82, 2.24) is 25.3 Å². The van der Waals surface area contributed by atoms with Gasteiger partial charge in [-0.05, 0) is 32.9 Å². The van der Waals surface area contributed by atoms with Crippen molar-refractivity contribution in [3.63, 3.8) is 0 Å². The molecule has 0 unspecified atom stereocenters. The third kappa shape index (κ3) is 6.66. The average Bonchev–Trinajstić information content (AvgIpc) is 3.16. The van der Waals surface area contributed by atoms with E-state index in [4.69, 9.17) is 0 Å². The van der Waals surface area contributed by atoms with Crippen molar-refractivity contribution in [2.24, 2.45) is 12.0 Å². The first kappa shape index (κ1) is 20.2. The third-order valence-corrected chi connectivity index (χ3v) is 4.37. The van der Waals surface area contributed by atoms with Crippen molar-refractivity contribution in [2.45, 2.75) is 45.2 Å². The molecule has 1 aliphatic rings. The zero-order valence-corrected chi connectivity index (χ0v) is 16.9. The molecule has 0 radical (unpaired) electrons. The van der Waals surface area contributed by atoms with Gasteiger partial charge in [0.1, 0.15) is 0 Å². The van der Waals surface area contributed by atoms with E-state index in [1.165, 1.54) is 25.7 Å². The summed E-state index contributed by atoms with van der Waals surface area (Å²) >= 11 is 0. The summed E-state index contributed by atoms with van der Waals surface area (Å²) in [5, 5.41) is 10.9. The predicted molar refractivity (Wildman–Crippen MR) is 106 cm³/mol. The molecule has 132 valence electrons. The highest BCUT2D eigenvalue weighted by atomic mass is 127. The second kappa shape index (κ2) is 10.9. The van der Waals surface area contributed by atoms with Crippen LogP contribution in [0.5, 0.6) is 0 Å². The maximum absolute atomic E-state index is 4.63. The molecule has 1 heterocycles. The molecule has 1 aromatic heterocycles. The minimum atomic E-state index is 0. The Morgan fingerprint density at radius 2 is 2.13 bits per heavy atom. The molecule has 6 nitrogen and oxygen atoms in total. The van der Waals surface area contributed by atoms with Gasteiger partial charge < -0.3 is 15.5 Å². The number of aryl methyl sites for hydroxylation is 1. The first-order valence-electron chi connectivity index (χ1n) is 8.40. The summed E-state index contributed by atoms with van der Waals surface area (Å²) in [6, 6.07) is 2.77. The van der Waals surface area contributed by atoms with Gasteiger partial charge in [0.05, 0.1) is 12.2 Å². The van der Waals surface area contributed by atoms with E-state index in [0.29, 0.717) is 6.54 Å². The lowest BCUT2D eigenvalue weighted by atomic mass is 10.2. The van der Waals surface area contributed by atoms with Gasteiger partial charge in [-0.15, -0.1) is 24.0 Å². The van der Waals surface area contributed by atoms with Gasteiger partial charge in [0.25, 0.3) is 0 Å². The van der Waals surface area contributed by atoms with Crippen molar-refractivity contribution in [3.8, 4) is 0 Å². The Bertz CT molecular complexity index is 467. The van der Waals surface area contributed by atoms with Crippen molar-refractivity contribution in [1.29, 1.82) is 0 Å². The zero-order valence-electron chi connectivity index (χ0n) is 14.6. The van der Waals surface area contributed by atoms with Crippen LogP contribution in [0.25, 0.3) is 0 Å². The number of nitrogens with zero attached hydrogens (tertiary/aromatic N) is 4. The number of likely N-dealkylation sites (N-methyl/N-ethyl adjacent to an activating group) is 1. The lowest BCUT2D eigenvalue weighted by Crippen LogP contribution is -2.42. The number of halogens is 1. The van der Waals surface area contributed by atoms with E-state index < -0.39 is 0 Å². The van der Waals surface area contributed by atoms with E-state index in [1.807, 2.05) is 24.0 Å². The Morgan fingerprint density at radius 3 is 2.74 bits per heavy atom. The minimum Gasteiger partial charge on any atom is -0.357 e. The summed E-state index contributed by atoms with van der Waals surface area (Å²) in [5.41, 5.74) is 1.11. The normalized spacial score (nSPS) is 15.7. The van der Waals surface area contributed by atoms with Gasteiger partial charge in [0, 0.05) is 38.9 Å². The Labute approximate surface area is 157 Å². The molecule has 0 aliphatic heterocycles. The topological polar surface area (TPSA) is 57.5 Å². The molecule has 7 heteroatoms. The molecule has 0 saturated heterocycles. The minimum absolute atomic E-state index is 0. The number of guanidine groups is 1. The molecule has 1 fully saturated rings. The number of nitrogens with one attached hydrogen (secondary N) is 2. The Morgan fingerprint density at radius 1 is 1.39 bits per heavy atom. The molecule has 23 heavy (non-hydrogen) atoms. The second-order valence-electron chi connectivity index (χ2n) is 5.99. The molecule has 0 atom stereocenters. The number of aromatic nitrogens is 2. The fraction of sp³-hybridized carbons (Fsp3) is 0.750. The van der Waals surface area contributed by atoms with Crippen LogP contribution < -0.4 is 10.6 Å². The summed E-state index contributed by atoms with van der Waals surface area (Å²) in [6.07, 6.45) is 7.28. The predicted octanol–water partition coefficient (Wildman–Crippen LogP) is 1.97. The lowest BCUT2D eigenvalue weighted by Gasteiger charge is -2.24.